The number of fused-ring (bicyclic) bond motifs is 1. The van der Waals surface area contributed by atoms with Crippen LogP contribution in [0.25, 0.3) is 11.2 Å². The minimum Gasteiger partial charge on any atom is -0.394 e. The van der Waals surface area contributed by atoms with Crippen LogP contribution in [0.5, 0.6) is 0 Å². The summed E-state index contributed by atoms with van der Waals surface area (Å²) in [6, 6.07) is 0. The van der Waals surface area contributed by atoms with Crippen LogP contribution in [0.3, 0.4) is 0 Å². The zero-order valence-corrected chi connectivity index (χ0v) is 11.3. The topological polar surface area (TPSA) is 119 Å². The number of hydrogen-bond donors (Lipinski definition) is 4. The van der Waals surface area contributed by atoms with Crippen LogP contribution in [-0.2, 0) is 4.74 Å². The van der Waals surface area contributed by atoms with Crippen LogP contribution in [0.15, 0.2) is 11.4 Å². The Hall–Kier alpha value is -1.56. The summed E-state index contributed by atoms with van der Waals surface area (Å²) >= 11 is 4.05. The molecule has 1 aliphatic heterocycles. The van der Waals surface area contributed by atoms with Crippen molar-refractivity contribution in [3.63, 3.8) is 0 Å². The molecule has 0 unspecified atom stereocenters. The molecule has 11 heteroatoms. The van der Waals surface area contributed by atoms with Gasteiger partial charge in [-0.1, -0.05) is 0 Å². The molecule has 0 saturated carbocycles. The number of nitrogen functional groups attached to an aromatic ring is 1. The van der Waals surface area contributed by atoms with Gasteiger partial charge >= 0.3 is 5.92 Å². The second-order valence-electron chi connectivity index (χ2n) is 4.56. The Morgan fingerprint density at radius 2 is 2.19 bits per heavy atom. The molecule has 2 aromatic rings. The maximum atomic E-state index is 14.1. The maximum Gasteiger partial charge on any atom is 0.320 e. The summed E-state index contributed by atoms with van der Waals surface area (Å²) in [5.74, 6) is -3.79. The molecule has 1 fully saturated rings. The zero-order valence-electron chi connectivity index (χ0n) is 10.4. The molecule has 3 atom stereocenters. The number of aromatic nitrogens is 4. The minimum atomic E-state index is -3.63. The number of rotatable bonds is 2. The zero-order chi connectivity index (χ0) is 15.4. The van der Waals surface area contributed by atoms with Crippen LogP contribution in [-0.4, -0.2) is 54.5 Å². The maximum absolute atomic E-state index is 14.1. The lowest BCUT2D eigenvalue weighted by atomic mass is 10.1. The van der Waals surface area contributed by atoms with E-state index in [0.29, 0.717) is 0 Å². The number of ether oxygens (including phenoxy) is 1. The Kier molecular flexibility index (Phi) is 3.24. The first kappa shape index (κ1) is 14.4. The fourth-order valence-corrected chi connectivity index (χ4v) is 2.47. The highest BCUT2D eigenvalue weighted by atomic mass is 32.1. The summed E-state index contributed by atoms with van der Waals surface area (Å²) < 4.78 is 34.2. The van der Waals surface area contributed by atoms with Gasteiger partial charge in [0.1, 0.15) is 16.6 Å². The Bertz CT molecular complexity index is 697. The Morgan fingerprint density at radius 1 is 1.48 bits per heavy atom. The van der Waals surface area contributed by atoms with Crippen LogP contribution >= 0.6 is 12.6 Å². The van der Waals surface area contributed by atoms with Crippen molar-refractivity contribution in [3.05, 3.63) is 6.33 Å². The fourth-order valence-electron chi connectivity index (χ4n) is 2.21. The molecule has 0 bridgehead atoms. The molecule has 0 amide bonds. The number of nitrogens with zero attached hydrogens (tertiary/aromatic N) is 4. The van der Waals surface area contributed by atoms with Gasteiger partial charge in [0.25, 0.3) is 0 Å². The first-order valence-corrected chi connectivity index (χ1v) is 6.32. The van der Waals surface area contributed by atoms with Gasteiger partial charge in [-0.15, -0.1) is 12.6 Å². The monoisotopic (exact) mass is 319 g/mol. The van der Waals surface area contributed by atoms with Crippen molar-refractivity contribution in [2.75, 3.05) is 12.3 Å². The van der Waals surface area contributed by atoms with Gasteiger partial charge in [0.05, 0.1) is 12.9 Å². The molecule has 0 aromatic carbocycles. The molecule has 0 spiro atoms. The number of aliphatic hydroxyl groups is 2. The van der Waals surface area contributed by atoms with Crippen molar-refractivity contribution in [2.24, 2.45) is 0 Å². The van der Waals surface area contributed by atoms with Crippen molar-refractivity contribution in [1.29, 1.82) is 0 Å². The van der Waals surface area contributed by atoms with Crippen molar-refractivity contribution < 1.29 is 23.7 Å². The SMILES string of the molecule is Nc1nc(S)c2ncn([C@@H]3O[C@H](CO)[C@@H](O)C3(F)F)c2n1. The molecular formula is C10H11F2N5O3S. The van der Waals surface area contributed by atoms with Gasteiger partial charge < -0.3 is 20.7 Å². The van der Waals surface area contributed by atoms with E-state index >= 15 is 0 Å². The number of hydrogen-bond acceptors (Lipinski definition) is 8. The van der Waals surface area contributed by atoms with E-state index in [1.807, 2.05) is 0 Å². The largest absolute Gasteiger partial charge is 0.394 e. The molecule has 1 aliphatic rings. The normalized spacial score (nSPS) is 28.3. The van der Waals surface area contributed by atoms with Gasteiger partial charge in [-0.25, -0.2) is 9.97 Å². The molecule has 114 valence electrons. The fraction of sp³-hybridized carbons (Fsp3) is 0.500. The lowest BCUT2D eigenvalue weighted by molar-refractivity contribution is -0.138. The van der Waals surface area contributed by atoms with E-state index in [4.69, 9.17) is 15.6 Å². The number of imidazole rings is 1. The molecule has 0 radical (unpaired) electrons. The smallest absolute Gasteiger partial charge is 0.320 e. The van der Waals surface area contributed by atoms with Crippen molar-refractivity contribution in [1.82, 2.24) is 19.5 Å². The third kappa shape index (κ3) is 2.04. The van der Waals surface area contributed by atoms with Crippen molar-refractivity contribution in [2.45, 2.75) is 29.4 Å². The Labute approximate surface area is 122 Å². The van der Waals surface area contributed by atoms with Crippen LogP contribution in [0, 0.1) is 0 Å². The highest BCUT2D eigenvalue weighted by Crippen LogP contribution is 2.43. The van der Waals surface area contributed by atoms with Crippen molar-refractivity contribution >= 4 is 29.7 Å². The first-order valence-electron chi connectivity index (χ1n) is 5.87. The number of aliphatic hydroxyl groups excluding tert-OH is 2. The van der Waals surface area contributed by atoms with Gasteiger partial charge in [-0.2, -0.15) is 13.8 Å². The third-order valence-corrected chi connectivity index (χ3v) is 3.54. The van der Waals surface area contributed by atoms with Crippen LogP contribution in [0.2, 0.25) is 0 Å². The van der Waals surface area contributed by atoms with Gasteiger partial charge in [0.15, 0.2) is 11.8 Å². The summed E-state index contributed by atoms with van der Waals surface area (Å²) in [4.78, 5) is 11.5. The van der Waals surface area contributed by atoms with E-state index in [9.17, 15) is 13.9 Å². The summed E-state index contributed by atoms with van der Waals surface area (Å²) in [7, 11) is 0. The summed E-state index contributed by atoms with van der Waals surface area (Å²) in [6.45, 7) is -0.741. The van der Waals surface area contributed by atoms with Crippen molar-refractivity contribution in [3.8, 4) is 0 Å². The van der Waals surface area contributed by atoms with E-state index in [1.165, 1.54) is 0 Å². The molecule has 3 rings (SSSR count). The van der Waals surface area contributed by atoms with Gasteiger partial charge in [-0.05, 0) is 0 Å². The average Bonchev–Trinajstić information content (AvgIpc) is 2.91. The van der Waals surface area contributed by atoms with Crippen LogP contribution < -0.4 is 5.73 Å². The highest BCUT2D eigenvalue weighted by molar-refractivity contribution is 7.80. The number of alkyl halides is 2. The highest BCUT2D eigenvalue weighted by Gasteiger charge is 2.59. The van der Waals surface area contributed by atoms with E-state index < -0.39 is 31.0 Å². The summed E-state index contributed by atoms with van der Waals surface area (Å²) in [5, 5.41) is 18.6. The third-order valence-electron chi connectivity index (χ3n) is 3.23. The number of nitrogens with two attached hydrogens (primary N) is 1. The van der Waals surface area contributed by atoms with Gasteiger partial charge in [0.2, 0.25) is 12.2 Å². The predicted molar refractivity (Wildman–Crippen MR) is 68.9 cm³/mol. The van der Waals surface area contributed by atoms with E-state index in [1.54, 1.807) is 0 Å². The molecule has 0 aliphatic carbocycles. The standard InChI is InChI=1S/C10H11F2N5O3S/c11-10(12)5(19)3(1-18)20-8(10)17-2-14-4-6(17)15-9(13)16-7(4)21/h2-3,5,8,18-19H,1H2,(H3,13,15,16,21)/t3-,5-,8-/m1/s1. The van der Waals surface area contributed by atoms with E-state index in [-0.39, 0.29) is 22.1 Å². The Morgan fingerprint density at radius 3 is 2.81 bits per heavy atom. The Balaban J connectivity index is 2.13. The molecule has 3 heterocycles. The van der Waals surface area contributed by atoms with Crippen LogP contribution in [0.1, 0.15) is 6.23 Å². The summed E-state index contributed by atoms with van der Waals surface area (Å²) in [5.41, 5.74) is 5.65. The van der Waals surface area contributed by atoms with Crippen LogP contribution in [0.4, 0.5) is 14.7 Å². The molecule has 1 saturated heterocycles. The second kappa shape index (κ2) is 4.73. The number of thiol groups is 1. The lowest BCUT2D eigenvalue weighted by Crippen LogP contribution is -2.39. The first-order chi connectivity index (χ1) is 9.86. The lowest BCUT2D eigenvalue weighted by Gasteiger charge is -2.20. The molecular weight excluding hydrogens is 308 g/mol. The van der Waals surface area contributed by atoms with E-state index in [0.717, 1.165) is 10.9 Å². The predicted octanol–water partition coefficient (Wildman–Crippen LogP) is -0.417. The van der Waals surface area contributed by atoms with Gasteiger partial charge in [-0.3, -0.25) is 4.57 Å². The molecule has 4 N–H and O–H groups in total. The molecule has 21 heavy (non-hydrogen) atoms. The number of halogens is 2. The average molecular weight is 319 g/mol. The quantitative estimate of drug-likeness (QED) is 0.438. The summed E-state index contributed by atoms with van der Waals surface area (Å²) in [6.07, 6.45) is -4.34. The van der Waals surface area contributed by atoms with Gasteiger partial charge in [0, 0.05) is 0 Å². The number of anilines is 1. The molecule has 8 nitrogen and oxygen atoms in total. The minimum absolute atomic E-state index is 0.00275. The second-order valence-corrected chi connectivity index (χ2v) is 4.98. The molecule has 2 aromatic heterocycles. The van der Waals surface area contributed by atoms with E-state index in [2.05, 4.69) is 27.6 Å².